The van der Waals surface area contributed by atoms with Gasteiger partial charge < -0.3 is 10.2 Å². The molecule has 3 nitrogen and oxygen atoms in total. The van der Waals surface area contributed by atoms with E-state index in [4.69, 9.17) is 0 Å². The van der Waals surface area contributed by atoms with Gasteiger partial charge in [-0.1, -0.05) is 51.0 Å². The van der Waals surface area contributed by atoms with E-state index in [9.17, 15) is 15.0 Å². The fourth-order valence-corrected chi connectivity index (χ4v) is 3.15. The molecule has 0 heterocycles. The van der Waals surface area contributed by atoms with E-state index in [1.807, 2.05) is 38.1 Å². The molecule has 0 aromatic heterocycles. The third-order valence-electron chi connectivity index (χ3n) is 4.43. The van der Waals surface area contributed by atoms with Gasteiger partial charge in [0, 0.05) is 5.41 Å². The first-order valence-corrected chi connectivity index (χ1v) is 6.88. The van der Waals surface area contributed by atoms with Crippen molar-refractivity contribution in [3.8, 4) is 0 Å². The monoisotopic (exact) mass is 262 g/mol. The second-order valence-corrected chi connectivity index (χ2v) is 6.18. The average Bonchev–Trinajstić information content (AvgIpc) is 2.89. The summed E-state index contributed by atoms with van der Waals surface area (Å²) < 4.78 is 0. The summed E-state index contributed by atoms with van der Waals surface area (Å²) in [5, 5.41) is 19.3. The number of benzene rings is 1. The second-order valence-electron chi connectivity index (χ2n) is 6.18. The van der Waals surface area contributed by atoms with E-state index in [1.165, 1.54) is 0 Å². The smallest absolute Gasteiger partial charge is 0.314 e. The van der Waals surface area contributed by atoms with Crippen LogP contribution in [0.5, 0.6) is 0 Å². The van der Waals surface area contributed by atoms with E-state index in [1.54, 1.807) is 0 Å². The number of aliphatic carboxylic acids is 1. The van der Waals surface area contributed by atoms with Crippen molar-refractivity contribution in [2.24, 2.45) is 0 Å². The Balaban J connectivity index is 2.59. The van der Waals surface area contributed by atoms with Crippen molar-refractivity contribution >= 4 is 5.97 Å². The molecule has 104 valence electrons. The summed E-state index contributed by atoms with van der Waals surface area (Å²) in [6, 6.07) is 7.69. The molecule has 0 radical (unpaired) electrons. The highest BCUT2D eigenvalue weighted by atomic mass is 16.4. The lowest BCUT2D eigenvalue weighted by molar-refractivity contribution is -0.143. The molecule has 0 bridgehead atoms. The first kappa shape index (κ1) is 14.1. The molecule has 1 aromatic rings. The zero-order valence-electron chi connectivity index (χ0n) is 11.6. The number of carboxylic acids is 1. The van der Waals surface area contributed by atoms with E-state index in [0.29, 0.717) is 12.8 Å². The van der Waals surface area contributed by atoms with Crippen molar-refractivity contribution in [1.29, 1.82) is 0 Å². The van der Waals surface area contributed by atoms with Gasteiger partial charge in [0.1, 0.15) is 0 Å². The SMILES string of the molecule is CC(C)(CO)c1ccccc1C1(C(=O)O)CCCC1. The van der Waals surface area contributed by atoms with Crippen LogP contribution in [-0.4, -0.2) is 22.8 Å². The largest absolute Gasteiger partial charge is 0.481 e. The van der Waals surface area contributed by atoms with Gasteiger partial charge in [-0.2, -0.15) is 0 Å². The first-order chi connectivity index (χ1) is 8.94. The van der Waals surface area contributed by atoms with Crippen LogP contribution in [0.2, 0.25) is 0 Å². The Morgan fingerprint density at radius 2 is 1.84 bits per heavy atom. The predicted molar refractivity (Wildman–Crippen MR) is 74.3 cm³/mol. The van der Waals surface area contributed by atoms with Crippen LogP contribution in [0, 0.1) is 0 Å². The van der Waals surface area contributed by atoms with Crippen molar-refractivity contribution < 1.29 is 15.0 Å². The van der Waals surface area contributed by atoms with Crippen molar-refractivity contribution in [2.45, 2.75) is 50.4 Å². The minimum atomic E-state index is -0.761. The summed E-state index contributed by atoms with van der Waals surface area (Å²) in [6.07, 6.45) is 3.31. The van der Waals surface area contributed by atoms with Gasteiger partial charge in [-0.15, -0.1) is 0 Å². The van der Waals surface area contributed by atoms with E-state index < -0.39 is 16.8 Å². The third-order valence-corrected chi connectivity index (χ3v) is 4.43. The maximum Gasteiger partial charge on any atom is 0.314 e. The van der Waals surface area contributed by atoms with Crippen LogP contribution >= 0.6 is 0 Å². The van der Waals surface area contributed by atoms with Crippen LogP contribution in [0.1, 0.15) is 50.7 Å². The molecule has 0 aliphatic heterocycles. The molecule has 1 aliphatic carbocycles. The molecule has 0 atom stereocenters. The molecule has 0 spiro atoms. The summed E-state index contributed by atoms with van der Waals surface area (Å²) in [5.41, 5.74) is 0.672. The average molecular weight is 262 g/mol. The number of carbonyl (C=O) groups is 1. The number of hydrogen-bond acceptors (Lipinski definition) is 2. The van der Waals surface area contributed by atoms with Crippen molar-refractivity contribution in [1.82, 2.24) is 0 Å². The highest BCUT2D eigenvalue weighted by Gasteiger charge is 2.45. The summed E-state index contributed by atoms with van der Waals surface area (Å²) in [4.78, 5) is 11.8. The Morgan fingerprint density at radius 1 is 1.26 bits per heavy atom. The Labute approximate surface area is 114 Å². The molecule has 1 saturated carbocycles. The van der Waals surface area contributed by atoms with Gasteiger partial charge in [0.05, 0.1) is 12.0 Å². The predicted octanol–water partition coefficient (Wildman–Crippen LogP) is 2.85. The molecular formula is C16H22O3. The van der Waals surface area contributed by atoms with Gasteiger partial charge >= 0.3 is 5.97 Å². The van der Waals surface area contributed by atoms with E-state index in [2.05, 4.69) is 0 Å². The fourth-order valence-electron chi connectivity index (χ4n) is 3.15. The number of aliphatic hydroxyl groups is 1. The minimum absolute atomic E-state index is 0.0136. The molecule has 0 amide bonds. The van der Waals surface area contributed by atoms with Gasteiger partial charge in [-0.05, 0) is 24.0 Å². The van der Waals surface area contributed by atoms with E-state index >= 15 is 0 Å². The lowest BCUT2D eigenvalue weighted by atomic mass is 9.71. The molecule has 1 fully saturated rings. The first-order valence-electron chi connectivity index (χ1n) is 6.88. The lowest BCUT2D eigenvalue weighted by Gasteiger charge is -2.33. The van der Waals surface area contributed by atoms with E-state index in [0.717, 1.165) is 24.0 Å². The molecule has 2 rings (SSSR count). The maximum absolute atomic E-state index is 11.8. The fraction of sp³-hybridized carbons (Fsp3) is 0.562. The Bertz CT molecular complexity index is 471. The summed E-state index contributed by atoms with van der Waals surface area (Å²) in [7, 11) is 0. The zero-order valence-corrected chi connectivity index (χ0v) is 11.6. The molecular weight excluding hydrogens is 240 g/mol. The molecule has 3 heteroatoms. The topological polar surface area (TPSA) is 57.5 Å². The van der Waals surface area contributed by atoms with Crippen molar-refractivity contribution in [3.63, 3.8) is 0 Å². The molecule has 2 N–H and O–H groups in total. The molecule has 1 aliphatic rings. The van der Waals surface area contributed by atoms with Gasteiger partial charge in [0.15, 0.2) is 0 Å². The van der Waals surface area contributed by atoms with Crippen molar-refractivity contribution in [2.75, 3.05) is 6.61 Å². The summed E-state index contributed by atoms with van der Waals surface area (Å²) >= 11 is 0. The van der Waals surface area contributed by atoms with Crippen molar-refractivity contribution in [3.05, 3.63) is 35.4 Å². The van der Waals surface area contributed by atoms with Gasteiger partial charge in [-0.25, -0.2) is 0 Å². The van der Waals surface area contributed by atoms with Gasteiger partial charge in [0.25, 0.3) is 0 Å². The lowest BCUT2D eigenvalue weighted by Crippen LogP contribution is -2.36. The quantitative estimate of drug-likeness (QED) is 0.877. The third kappa shape index (κ3) is 2.27. The van der Waals surface area contributed by atoms with Crippen LogP contribution in [0.25, 0.3) is 0 Å². The normalized spacial score (nSPS) is 18.5. The standard InChI is InChI=1S/C16H22O3/c1-15(2,11-17)12-7-3-4-8-13(12)16(14(18)19)9-5-6-10-16/h3-4,7-8,17H,5-6,9-11H2,1-2H3,(H,18,19). The number of rotatable bonds is 4. The number of aliphatic hydroxyl groups excluding tert-OH is 1. The molecule has 19 heavy (non-hydrogen) atoms. The highest BCUT2D eigenvalue weighted by molar-refractivity contribution is 5.82. The zero-order chi connectivity index (χ0) is 14.1. The number of hydrogen-bond donors (Lipinski definition) is 2. The Hall–Kier alpha value is -1.35. The number of carboxylic acid groups (broad SMARTS) is 1. The van der Waals surface area contributed by atoms with Crippen LogP contribution in [0.15, 0.2) is 24.3 Å². The Morgan fingerprint density at radius 3 is 2.37 bits per heavy atom. The van der Waals surface area contributed by atoms with Crippen LogP contribution < -0.4 is 0 Å². The highest BCUT2D eigenvalue weighted by Crippen LogP contribution is 2.45. The summed E-state index contributed by atoms with van der Waals surface area (Å²) in [6.45, 7) is 3.92. The van der Waals surface area contributed by atoms with Crippen LogP contribution in [0.3, 0.4) is 0 Å². The molecule has 0 saturated heterocycles. The van der Waals surface area contributed by atoms with Gasteiger partial charge in [-0.3, -0.25) is 4.79 Å². The van der Waals surface area contributed by atoms with Crippen LogP contribution in [-0.2, 0) is 15.6 Å². The van der Waals surface area contributed by atoms with Crippen LogP contribution in [0.4, 0.5) is 0 Å². The Kier molecular flexibility index (Phi) is 3.68. The van der Waals surface area contributed by atoms with Gasteiger partial charge in [0.2, 0.25) is 0 Å². The van der Waals surface area contributed by atoms with E-state index in [-0.39, 0.29) is 6.61 Å². The molecule has 1 aromatic carbocycles. The maximum atomic E-state index is 11.8. The minimum Gasteiger partial charge on any atom is -0.481 e. The molecule has 0 unspecified atom stereocenters. The summed E-state index contributed by atoms with van der Waals surface area (Å²) in [5.74, 6) is -0.730. The second kappa shape index (κ2) is 4.97.